The number of hydrogen-bond acceptors (Lipinski definition) is 3. The quantitative estimate of drug-likeness (QED) is 0.0880. The van der Waals surface area contributed by atoms with E-state index >= 15 is 0 Å². The standard InChI is InChI=1S/C36H34F8O3/c1-3-45-31-15-14-28(34(41)35(31)42)26-13-10-24(21-30(26)38)47-19-7-5-17-36(43,44)16-4-6-18-46-23-9-12-25(29(37)20-23)27-11-8-22(2)32(39)33(27)40/h8-15,20-21H,3-7,16-19H2,1-2H3. The van der Waals surface area contributed by atoms with E-state index in [1.165, 1.54) is 55.5 Å². The second-order valence-corrected chi connectivity index (χ2v) is 11.0. The third-order valence-corrected chi connectivity index (χ3v) is 7.49. The number of ether oxygens (including phenoxy) is 3. The summed E-state index contributed by atoms with van der Waals surface area (Å²) in [6.45, 7) is 3.27. The lowest BCUT2D eigenvalue weighted by atomic mass is 10.0. The van der Waals surface area contributed by atoms with Crippen molar-refractivity contribution >= 4 is 0 Å². The van der Waals surface area contributed by atoms with Gasteiger partial charge in [0, 0.05) is 47.2 Å². The topological polar surface area (TPSA) is 27.7 Å². The second-order valence-electron chi connectivity index (χ2n) is 11.0. The van der Waals surface area contributed by atoms with E-state index < -0.39 is 40.8 Å². The highest BCUT2D eigenvalue weighted by molar-refractivity contribution is 5.67. The SMILES string of the molecule is CCOc1ccc(-c2ccc(OCCCCC(F)(F)CCCCOc3ccc(-c4ccc(C)c(F)c4F)c(F)c3)cc2F)c(F)c1F. The molecule has 0 aliphatic heterocycles. The first-order chi connectivity index (χ1) is 22.4. The normalized spacial score (nSPS) is 11.5. The predicted octanol–water partition coefficient (Wildman–Crippen LogP) is 11.0. The Morgan fingerprint density at radius 2 is 1.00 bits per heavy atom. The molecule has 0 atom stereocenters. The lowest BCUT2D eigenvalue weighted by Gasteiger charge is -2.16. The van der Waals surface area contributed by atoms with Gasteiger partial charge in [-0.2, -0.15) is 4.39 Å². The molecular formula is C36H34F8O3. The van der Waals surface area contributed by atoms with Gasteiger partial charge in [0.05, 0.1) is 19.8 Å². The second kappa shape index (κ2) is 16.0. The summed E-state index contributed by atoms with van der Waals surface area (Å²) in [4.78, 5) is 0. The molecule has 0 spiro atoms. The van der Waals surface area contributed by atoms with Gasteiger partial charge in [-0.15, -0.1) is 0 Å². The van der Waals surface area contributed by atoms with Gasteiger partial charge in [0.2, 0.25) is 11.7 Å². The first-order valence-electron chi connectivity index (χ1n) is 15.2. The Hall–Kier alpha value is -4.28. The molecule has 4 aromatic carbocycles. The van der Waals surface area contributed by atoms with Gasteiger partial charge in [0.1, 0.15) is 23.1 Å². The van der Waals surface area contributed by atoms with E-state index in [9.17, 15) is 35.1 Å². The van der Waals surface area contributed by atoms with Crippen molar-refractivity contribution < 1.29 is 49.3 Å². The first kappa shape index (κ1) is 35.6. The zero-order valence-corrected chi connectivity index (χ0v) is 25.9. The summed E-state index contributed by atoms with van der Waals surface area (Å²) in [6.07, 6.45) is 0.116. The van der Waals surface area contributed by atoms with Gasteiger partial charge in [0.15, 0.2) is 23.2 Å². The van der Waals surface area contributed by atoms with Crippen LogP contribution in [0, 0.1) is 41.8 Å². The largest absolute Gasteiger partial charge is 0.493 e. The van der Waals surface area contributed by atoms with E-state index in [1.54, 1.807) is 6.92 Å². The van der Waals surface area contributed by atoms with Crippen LogP contribution in [0.15, 0.2) is 60.7 Å². The average molecular weight is 667 g/mol. The molecule has 4 rings (SSSR count). The summed E-state index contributed by atoms with van der Waals surface area (Å²) in [5, 5.41) is 0. The summed E-state index contributed by atoms with van der Waals surface area (Å²) >= 11 is 0. The number of alkyl halides is 2. The minimum atomic E-state index is -2.92. The molecule has 4 aromatic rings. The highest BCUT2D eigenvalue weighted by Gasteiger charge is 2.27. The van der Waals surface area contributed by atoms with Crippen molar-refractivity contribution in [2.45, 2.75) is 58.3 Å². The fraction of sp³-hybridized carbons (Fsp3) is 0.333. The predicted molar refractivity (Wildman–Crippen MR) is 163 cm³/mol. The number of unbranched alkanes of at least 4 members (excludes halogenated alkanes) is 2. The minimum Gasteiger partial charge on any atom is -0.493 e. The van der Waals surface area contributed by atoms with Crippen molar-refractivity contribution in [3.05, 3.63) is 101 Å². The van der Waals surface area contributed by atoms with E-state index in [0.29, 0.717) is 0 Å². The smallest absolute Gasteiger partial charge is 0.248 e. The maximum atomic E-state index is 14.7. The third-order valence-electron chi connectivity index (χ3n) is 7.49. The molecule has 0 fully saturated rings. The summed E-state index contributed by atoms with van der Waals surface area (Å²) < 4.78 is 131. The van der Waals surface area contributed by atoms with Crippen LogP contribution in [0.3, 0.4) is 0 Å². The maximum Gasteiger partial charge on any atom is 0.248 e. The molecule has 0 aliphatic rings. The van der Waals surface area contributed by atoms with E-state index in [2.05, 4.69) is 0 Å². The average Bonchev–Trinajstić information content (AvgIpc) is 3.03. The zero-order chi connectivity index (χ0) is 34.1. The highest BCUT2D eigenvalue weighted by Crippen LogP contribution is 2.34. The van der Waals surface area contributed by atoms with Crippen molar-refractivity contribution in [2.24, 2.45) is 0 Å². The van der Waals surface area contributed by atoms with E-state index in [-0.39, 0.29) is 103 Å². The molecule has 0 radical (unpaired) electrons. The zero-order valence-electron chi connectivity index (χ0n) is 25.9. The summed E-state index contributed by atoms with van der Waals surface area (Å²) in [7, 11) is 0. The van der Waals surface area contributed by atoms with Crippen LogP contribution in [0.5, 0.6) is 17.2 Å². The van der Waals surface area contributed by atoms with Gasteiger partial charge in [-0.25, -0.2) is 30.7 Å². The number of benzene rings is 4. The summed E-state index contributed by atoms with van der Waals surface area (Å²) in [5.74, 6) is -9.24. The molecule has 47 heavy (non-hydrogen) atoms. The van der Waals surface area contributed by atoms with Gasteiger partial charge >= 0.3 is 0 Å². The number of rotatable bonds is 16. The van der Waals surface area contributed by atoms with Crippen LogP contribution in [0.2, 0.25) is 0 Å². The first-order valence-corrected chi connectivity index (χ1v) is 15.2. The van der Waals surface area contributed by atoms with Gasteiger partial charge in [-0.3, -0.25) is 0 Å². The van der Waals surface area contributed by atoms with Gasteiger partial charge in [-0.05, 0) is 81.5 Å². The van der Waals surface area contributed by atoms with E-state index in [0.717, 1.165) is 12.1 Å². The van der Waals surface area contributed by atoms with Crippen molar-refractivity contribution in [2.75, 3.05) is 19.8 Å². The molecular weight excluding hydrogens is 632 g/mol. The van der Waals surface area contributed by atoms with E-state index in [4.69, 9.17) is 14.2 Å². The Morgan fingerprint density at radius 3 is 1.49 bits per heavy atom. The van der Waals surface area contributed by atoms with Crippen molar-refractivity contribution in [1.29, 1.82) is 0 Å². The monoisotopic (exact) mass is 666 g/mol. The van der Waals surface area contributed by atoms with Gasteiger partial charge < -0.3 is 14.2 Å². The Bertz CT molecular complexity index is 1680. The van der Waals surface area contributed by atoms with Crippen LogP contribution in [0.1, 0.15) is 51.0 Å². The molecule has 0 aliphatic carbocycles. The van der Waals surface area contributed by atoms with Crippen molar-refractivity contribution in [1.82, 2.24) is 0 Å². The van der Waals surface area contributed by atoms with Gasteiger partial charge in [-0.1, -0.05) is 12.1 Å². The molecule has 0 heterocycles. The lowest BCUT2D eigenvalue weighted by molar-refractivity contribution is -0.0215. The molecule has 0 unspecified atom stereocenters. The fourth-order valence-electron chi connectivity index (χ4n) is 4.95. The van der Waals surface area contributed by atoms with E-state index in [1.807, 2.05) is 0 Å². The molecule has 0 saturated carbocycles. The maximum absolute atomic E-state index is 14.7. The molecule has 252 valence electrons. The van der Waals surface area contributed by atoms with Gasteiger partial charge in [0.25, 0.3) is 0 Å². The molecule has 0 saturated heterocycles. The number of hydrogen-bond donors (Lipinski definition) is 0. The lowest BCUT2D eigenvalue weighted by Crippen LogP contribution is -2.16. The highest BCUT2D eigenvalue weighted by atomic mass is 19.3. The molecule has 0 amide bonds. The van der Waals surface area contributed by atoms with Crippen LogP contribution in [-0.4, -0.2) is 25.7 Å². The molecule has 3 nitrogen and oxygen atoms in total. The number of aryl methyl sites for hydroxylation is 1. The summed E-state index contributed by atoms with van der Waals surface area (Å²) in [5.41, 5.74) is -0.685. The van der Waals surface area contributed by atoms with Crippen LogP contribution in [-0.2, 0) is 0 Å². The molecule has 0 bridgehead atoms. The third kappa shape index (κ3) is 9.17. The van der Waals surface area contributed by atoms with Crippen molar-refractivity contribution in [3.8, 4) is 39.5 Å². The fourth-order valence-corrected chi connectivity index (χ4v) is 4.95. The van der Waals surface area contributed by atoms with Crippen LogP contribution in [0.4, 0.5) is 35.1 Å². The Balaban J connectivity index is 1.15. The van der Waals surface area contributed by atoms with Crippen LogP contribution >= 0.6 is 0 Å². The molecule has 0 aromatic heterocycles. The number of halogens is 8. The molecule has 11 heteroatoms. The summed E-state index contributed by atoms with van der Waals surface area (Å²) in [6, 6.07) is 12.4. The Labute approximate surface area is 268 Å². The van der Waals surface area contributed by atoms with Crippen molar-refractivity contribution in [3.63, 3.8) is 0 Å². The Morgan fingerprint density at radius 1 is 0.532 bits per heavy atom. The Kier molecular flexibility index (Phi) is 12.1. The molecule has 0 N–H and O–H groups in total. The van der Waals surface area contributed by atoms with Crippen LogP contribution < -0.4 is 14.2 Å². The minimum absolute atomic E-state index is 0.0512. The van der Waals surface area contributed by atoms with Crippen LogP contribution in [0.25, 0.3) is 22.3 Å².